The molecule has 0 amide bonds. The average molecular weight is 387 g/mol. The third kappa shape index (κ3) is 3.34. The number of aromatic nitrogens is 5. The molecule has 29 heavy (non-hydrogen) atoms. The summed E-state index contributed by atoms with van der Waals surface area (Å²) in [5.74, 6) is 2.39. The lowest BCUT2D eigenvalue weighted by atomic mass is 10.0. The minimum atomic E-state index is -0.435. The zero-order valence-corrected chi connectivity index (χ0v) is 15.2. The summed E-state index contributed by atoms with van der Waals surface area (Å²) >= 11 is 0. The van der Waals surface area contributed by atoms with Gasteiger partial charge in [-0.15, -0.1) is 5.10 Å². The molecule has 5 rings (SSSR count). The number of pyridine rings is 2. The highest BCUT2D eigenvalue weighted by atomic mass is 16.7. The number of nitrogens with one attached hydrogen (secondary N) is 2. The van der Waals surface area contributed by atoms with Gasteiger partial charge in [-0.3, -0.25) is 15.1 Å². The van der Waals surface area contributed by atoms with Crippen LogP contribution in [-0.4, -0.2) is 31.9 Å². The predicted octanol–water partition coefficient (Wildman–Crippen LogP) is 2.78. The number of aromatic amines is 1. The molecule has 0 aliphatic carbocycles. The summed E-state index contributed by atoms with van der Waals surface area (Å²) in [6.07, 6.45) is 5.15. The fraction of sp³-hybridized carbons (Fsp3) is 0.100. The Balaban J connectivity index is 1.42. The summed E-state index contributed by atoms with van der Waals surface area (Å²) < 4.78 is 10.7. The molecule has 9 heteroatoms. The Morgan fingerprint density at radius 1 is 1.07 bits per heavy atom. The second-order valence-electron chi connectivity index (χ2n) is 6.40. The van der Waals surface area contributed by atoms with E-state index < -0.39 is 6.04 Å². The number of hydrogen-bond donors (Lipinski definition) is 3. The molecule has 0 saturated heterocycles. The van der Waals surface area contributed by atoms with Crippen LogP contribution in [0.3, 0.4) is 0 Å². The number of ether oxygens (including phenoxy) is 2. The van der Waals surface area contributed by atoms with Crippen molar-refractivity contribution in [1.82, 2.24) is 25.1 Å². The molecule has 1 aliphatic rings. The molecule has 9 nitrogen and oxygen atoms in total. The standard InChI is InChI=1S/C20H17N7O2/c21-17(12-3-1-7-22-10-12)18-14(4-2-8-23-18)19-25-20(27-26-19)24-13-5-6-15-16(9-13)29-11-28-15/h1-10,17H,11,21H2,(H2,24,25,26,27). The Morgan fingerprint density at radius 3 is 2.86 bits per heavy atom. The fourth-order valence-corrected chi connectivity index (χ4v) is 3.12. The van der Waals surface area contributed by atoms with Crippen LogP contribution >= 0.6 is 0 Å². The van der Waals surface area contributed by atoms with E-state index in [1.165, 1.54) is 0 Å². The number of H-pyrrole nitrogens is 1. The van der Waals surface area contributed by atoms with Crippen molar-refractivity contribution in [2.75, 3.05) is 12.1 Å². The maximum atomic E-state index is 6.43. The topological polar surface area (TPSA) is 124 Å². The van der Waals surface area contributed by atoms with E-state index in [-0.39, 0.29) is 6.79 Å². The molecule has 1 aromatic carbocycles. The Labute approximate surface area is 165 Å². The van der Waals surface area contributed by atoms with E-state index in [4.69, 9.17) is 15.2 Å². The van der Waals surface area contributed by atoms with E-state index in [9.17, 15) is 0 Å². The summed E-state index contributed by atoms with van der Waals surface area (Å²) in [4.78, 5) is 13.2. The summed E-state index contributed by atoms with van der Waals surface area (Å²) in [6, 6.07) is 12.6. The second kappa shape index (κ2) is 7.21. The summed E-state index contributed by atoms with van der Waals surface area (Å²) in [5.41, 5.74) is 9.55. The normalized spacial score (nSPS) is 13.3. The third-order valence-corrected chi connectivity index (χ3v) is 4.55. The van der Waals surface area contributed by atoms with Gasteiger partial charge in [-0.1, -0.05) is 6.07 Å². The highest BCUT2D eigenvalue weighted by molar-refractivity contribution is 5.64. The number of fused-ring (bicyclic) bond motifs is 1. The molecule has 3 aromatic heterocycles. The van der Waals surface area contributed by atoms with Crippen LogP contribution in [0.4, 0.5) is 11.6 Å². The number of nitrogens with two attached hydrogens (primary N) is 1. The van der Waals surface area contributed by atoms with Gasteiger partial charge in [0.15, 0.2) is 17.3 Å². The van der Waals surface area contributed by atoms with Gasteiger partial charge in [0.25, 0.3) is 0 Å². The molecule has 0 fully saturated rings. The fourth-order valence-electron chi connectivity index (χ4n) is 3.12. The molecular formula is C20H17N7O2. The highest BCUT2D eigenvalue weighted by Gasteiger charge is 2.19. The number of nitrogens with zero attached hydrogens (tertiary/aromatic N) is 4. The van der Waals surface area contributed by atoms with Gasteiger partial charge in [0.2, 0.25) is 12.7 Å². The van der Waals surface area contributed by atoms with Gasteiger partial charge in [0, 0.05) is 35.9 Å². The molecule has 1 unspecified atom stereocenters. The van der Waals surface area contributed by atoms with Gasteiger partial charge in [0.05, 0.1) is 11.7 Å². The molecule has 1 aliphatic heterocycles. The van der Waals surface area contributed by atoms with Crippen molar-refractivity contribution in [2.24, 2.45) is 5.73 Å². The first-order valence-electron chi connectivity index (χ1n) is 8.98. The van der Waals surface area contributed by atoms with E-state index in [1.54, 1.807) is 18.6 Å². The van der Waals surface area contributed by atoms with Crippen molar-refractivity contribution in [3.63, 3.8) is 0 Å². The zero-order valence-electron chi connectivity index (χ0n) is 15.2. The van der Waals surface area contributed by atoms with Crippen LogP contribution in [0, 0.1) is 0 Å². The molecule has 144 valence electrons. The van der Waals surface area contributed by atoms with Gasteiger partial charge in [-0.05, 0) is 35.9 Å². The van der Waals surface area contributed by atoms with Gasteiger partial charge < -0.3 is 20.5 Å². The number of rotatable bonds is 5. The summed E-state index contributed by atoms with van der Waals surface area (Å²) in [6.45, 7) is 0.227. The Bertz CT molecular complexity index is 1150. The van der Waals surface area contributed by atoms with Crippen molar-refractivity contribution in [2.45, 2.75) is 6.04 Å². The molecule has 0 radical (unpaired) electrons. The molecular weight excluding hydrogens is 370 g/mol. The quantitative estimate of drug-likeness (QED) is 0.477. The second-order valence-corrected chi connectivity index (χ2v) is 6.40. The van der Waals surface area contributed by atoms with E-state index >= 15 is 0 Å². The molecule has 0 saturated carbocycles. The van der Waals surface area contributed by atoms with Crippen LogP contribution in [0.5, 0.6) is 11.5 Å². The summed E-state index contributed by atoms with van der Waals surface area (Å²) in [7, 11) is 0. The maximum Gasteiger partial charge on any atom is 0.246 e. The molecule has 4 N–H and O–H groups in total. The zero-order chi connectivity index (χ0) is 19.6. The van der Waals surface area contributed by atoms with Crippen molar-refractivity contribution in [3.8, 4) is 22.9 Å². The minimum absolute atomic E-state index is 0.227. The number of hydrogen-bond acceptors (Lipinski definition) is 8. The molecule has 4 aromatic rings. The smallest absolute Gasteiger partial charge is 0.246 e. The SMILES string of the molecule is NC(c1cccnc1)c1ncccc1-c1nc(Nc2ccc3c(c2)OCO3)n[nH]1. The van der Waals surface area contributed by atoms with Gasteiger partial charge in [-0.25, -0.2) is 0 Å². The van der Waals surface area contributed by atoms with Gasteiger partial charge in [-0.2, -0.15) is 4.98 Å². The molecule has 4 heterocycles. The Kier molecular flexibility index (Phi) is 4.26. The predicted molar refractivity (Wildman–Crippen MR) is 106 cm³/mol. The lowest BCUT2D eigenvalue weighted by Crippen LogP contribution is -2.15. The van der Waals surface area contributed by atoms with E-state index in [0.717, 1.165) is 22.6 Å². The number of anilines is 2. The van der Waals surface area contributed by atoms with Crippen LogP contribution < -0.4 is 20.5 Å². The van der Waals surface area contributed by atoms with Gasteiger partial charge >= 0.3 is 0 Å². The van der Waals surface area contributed by atoms with E-state index in [1.807, 2.05) is 42.5 Å². The number of benzene rings is 1. The average Bonchev–Trinajstić information content (AvgIpc) is 3.43. The minimum Gasteiger partial charge on any atom is -0.454 e. The third-order valence-electron chi connectivity index (χ3n) is 4.55. The highest BCUT2D eigenvalue weighted by Crippen LogP contribution is 2.35. The van der Waals surface area contributed by atoms with Crippen LogP contribution in [0.25, 0.3) is 11.4 Å². The molecule has 0 bridgehead atoms. The van der Waals surface area contributed by atoms with Crippen molar-refractivity contribution >= 4 is 11.6 Å². The molecule has 1 atom stereocenters. The first-order chi connectivity index (χ1) is 14.3. The monoisotopic (exact) mass is 387 g/mol. The Hall–Kier alpha value is -3.98. The van der Waals surface area contributed by atoms with Crippen molar-refractivity contribution in [1.29, 1.82) is 0 Å². The first-order valence-corrected chi connectivity index (χ1v) is 8.98. The van der Waals surface area contributed by atoms with Gasteiger partial charge in [0.1, 0.15) is 0 Å². The van der Waals surface area contributed by atoms with Crippen molar-refractivity contribution in [3.05, 3.63) is 72.3 Å². The molecule has 0 spiro atoms. The van der Waals surface area contributed by atoms with E-state index in [2.05, 4.69) is 30.5 Å². The Morgan fingerprint density at radius 2 is 1.97 bits per heavy atom. The largest absolute Gasteiger partial charge is 0.454 e. The first kappa shape index (κ1) is 17.1. The van der Waals surface area contributed by atoms with Crippen LogP contribution in [0.15, 0.2) is 61.1 Å². The lowest BCUT2D eigenvalue weighted by Gasteiger charge is -2.13. The summed E-state index contributed by atoms with van der Waals surface area (Å²) in [5, 5.41) is 10.4. The lowest BCUT2D eigenvalue weighted by molar-refractivity contribution is 0.174. The van der Waals surface area contributed by atoms with Crippen LogP contribution in [0.1, 0.15) is 17.3 Å². The van der Waals surface area contributed by atoms with E-state index in [0.29, 0.717) is 23.2 Å². The van der Waals surface area contributed by atoms with Crippen molar-refractivity contribution < 1.29 is 9.47 Å². The maximum absolute atomic E-state index is 6.43. The van der Waals surface area contributed by atoms with Crippen LogP contribution in [-0.2, 0) is 0 Å². The van der Waals surface area contributed by atoms with Crippen LogP contribution in [0.2, 0.25) is 0 Å².